The molecule has 0 heterocycles. The van der Waals surface area contributed by atoms with E-state index in [9.17, 15) is 9.50 Å². The smallest absolute Gasteiger partial charge is 0.137 e. The molecule has 0 spiro atoms. The van der Waals surface area contributed by atoms with Crippen molar-refractivity contribution in [1.29, 1.82) is 0 Å². The normalized spacial score (nSPS) is 18.3. The Bertz CT molecular complexity index is 375. The van der Waals surface area contributed by atoms with Crippen LogP contribution in [0.25, 0.3) is 0 Å². The maximum Gasteiger partial charge on any atom is 0.137 e. The minimum Gasteiger partial charge on any atom is -0.506 e. The van der Waals surface area contributed by atoms with Crippen LogP contribution in [0.3, 0.4) is 0 Å². The number of hydrogen-bond acceptors (Lipinski definition) is 2. The first-order chi connectivity index (χ1) is 6.46. The Labute approximate surface area is 90.1 Å². The summed E-state index contributed by atoms with van der Waals surface area (Å²) >= 11 is 3.18. The zero-order valence-electron chi connectivity index (χ0n) is 7.77. The fraction of sp³-hybridized carbons (Fsp3) is 0.400. The van der Waals surface area contributed by atoms with Crippen LogP contribution >= 0.6 is 15.9 Å². The van der Waals surface area contributed by atoms with Crippen molar-refractivity contribution in [3.8, 4) is 5.75 Å². The molecule has 0 atom stereocenters. The van der Waals surface area contributed by atoms with E-state index in [-0.39, 0.29) is 17.1 Å². The van der Waals surface area contributed by atoms with Crippen molar-refractivity contribution in [2.24, 2.45) is 5.73 Å². The molecule has 2 nitrogen and oxygen atoms in total. The standard InChI is InChI=1S/C10H11BrFNO/c1-5-4-6(11)9(14)7(8(5)12)10(13)2-3-10/h4,14H,2-3,13H2,1H3. The van der Waals surface area contributed by atoms with Gasteiger partial charge in [0.1, 0.15) is 11.6 Å². The Kier molecular flexibility index (Phi) is 2.08. The molecule has 3 N–H and O–H groups in total. The van der Waals surface area contributed by atoms with Gasteiger partial charge in [0.05, 0.1) is 10.0 Å². The van der Waals surface area contributed by atoms with Gasteiger partial charge in [0, 0.05) is 5.54 Å². The number of aryl methyl sites for hydroxylation is 1. The third-order valence-electron chi connectivity index (χ3n) is 2.66. The molecule has 1 aromatic rings. The van der Waals surface area contributed by atoms with Crippen molar-refractivity contribution in [2.45, 2.75) is 25.3 Å². The average Bonchev–Trinajstić information content (AvgIpc) is 2.81. The van der Waals surface area contributed by atoms with Crippen LogP contribution < -0.4 is 5.73 Å². The third-order valence-corrected chi connectivity index (χ3v) is 3.26. The minimum atomic E-state index is -0.650. The summed E-state index contributed by atoms with van der Waals surface area (Å²) in [6, 6.07) is 1.56. The monoisotopic (exact) mass is 259 g/mol. The largest absolute Gasteiger partial charge is 0.506 e. The first kappa shape index (κ1) is 9.93. The maximum atomic E-state index is 13.7. The Morgan fingerprint density at radius 2 is 2.14 bits per heavy atom. The van der Waals surface area contributed by atoms with E-state index >= 15 is 0 Å². The summed E-state index contributed by atoms with van der Waals surface area (Å²) in [5.41, 5.74) is 5.99. The lowest BCUT2D eigenvalue weighted by molar-refractivity contribution is 0.442. The predicted molar refractivity (Wildman–Crippen MR) is 55.6 cm³/mol. The molecule has 1 aromatic carbocycles. The summed E-state index contributed by atoms with van der Waals surface area (Å²) in [7, 11) is 0. The van der Waals surface area contributed by atoms with Gasteiger partial charge in [0.25, 0.3) is 0 Å². The van der Waals surface area contributed by atoms with Crippen LogP contribution in [-0.4, -0.2) is 5.11 Å². The van der Waals surface area contributed by atoms with E-state index < -0.39 is 5.54 Å². The summed E-state index contributed by atoms with van der Waals surface area (Å²) < 4.78 is 14.2. The number of benzene rings is 1. The van der Waals surface area contributed by atoms with E-state index in [1.165, 1.54) is 0 Å². The molecule has 0 bridgehead atoms. The SMILES string of the molecule is Cc1cc(Br)c(O)c(C2(N)CC2)c1F. The molecule has 1 aliphatic rings. The summed E-state index contributed by atoms with van der Waals surface area (Å²) in [6.07, 6.45) is 1.46. The molecule has 2 rings (SSSR count). The molecule has 4 heteroatoms. The van der Waals surface area contributed by atoms with Crippen molar-refractivity contribution >= 4 is 15.9 Å². The zero-order valence-corrected chi connectivity index (χ0v) is 9.36. The second-order valence-corrected chi connectivity index (χ2v) is 4.72. The van der Waals surface area contributed by atoms with Gasteiger partial charge in [-0.15, -0.1) is 0 Å². The summed E-state index contributed by atoms with van der Waals surface area (Å²) in [6.45, 7) is 1.66. The molecule has 76 valence electrons. The van der Waals surface area contributed by atoms with Crippen LogP contribution in [0.15, 0.2) is 10.5 Å². The van der Waals surface area contributed by atoms with Crippen LogP contribution in [0.1, 0.15) is 24.0 Å². The lowest BCUT2D eigenvalue weighted by atomic mass is 10.0. The number of halogens is 2. The topological polar surface area (TPSA) is 46.2 Å². The number of hydrogen-bond donors (Lipinski definition) is 2. The Morgan fingerprint density at radius 3 is 2.64 bits per heavy atom. The van der Waals surface area contributed by atoms with Gasteiger partial charge in [0.2, 0.25) is 0 Å². The van der Waals surface area contributed by atoms with Crippen LogP contribution in [0, 0.1) is 12.7 Å². The van der Waals surface area contributed by atoms with Gasteiger partial charge in [-0.1, -0.05) is 0 Å². The average molecular weight is 260 g/mol. The van der Waals surface area contributed by atoms with Gasteiger partial charge in [-0.3, -0.25) is 0 Å². The number of phenols is 1. The molecule has 0 amide bonds. The zero-order chi connectivity index (χ0) is 10.5. The molecule has 14 heavy (non-hydrogen) atoms. The van der Waals surface area contributed by atoms with Gasteiger partial charge < -0.3 is 10.8 Å². The highest BCUT2D eigenvalue weighted by molar-refractivity contribution is 9.10. The maximum absolute atomic E-state index is 13.7. The molecular weight excluding hydrogens is 249 g/mol. The fourth-order valence-electron chi connectivity index (χ4n) is 1.58. The van der Waals surface area contributed by atoms with Gasteiger partial charge in [-0.25, -0.2) is 4.39 Å². The van der Waals surface area contributed by atoms with Crippen molar-refractivity contribution < 1.29 is 9.50 Å². The van der Waals surface area contributed by atoms with Gasteiger partial charge in [0.15, 0.2) is 0 Å². The van der Waals surface area contributed by atoms with E-state index in [0.717, 1.165) is 12.8 Å². The summed E-state index contributed by atoms with van der Waals surface area (Å²) in [4.78, 5) is 0. The number of aromatic hydroxyl groups is 1. The molecule has 0 unspecified atom stereocenters. The quantitative estimate of drug-likeness (QED) is 0.815. The lowest BCUT2D eigenvalue weighted by Crippen LogP contribution is -2.21. The fourth-order valence-corrected chi connectivity index (χ4v) is 2.12. The highest BCUT2D eigenvalue weighted by Gasteiger charge is 2.45. The highest BCUT2D eigenvalue weighted by atomic mass is 79.9. The Hall–Kier alpha value is -0.610. The van der Waals surface area contributed by atoms with Crippen molar-refractivity contribution in [2.75, 3.05) is 0 Å². The summed E-state index contributed by atoms with van der Waals surface area (Å²) in [5.74, 6) is -0.446. The van der Waals surface area contributed by atoms with E-state index in [0.29, 0.717) is 10.0 Å². The van der Waals surface area contributed by atoms with Gasteiger partial charge in [-0.2, -0.15) is 0 Å². The predicted octanol–water partition coefficient (Wildman–Crippen LogP) is 2.55. The number of nitrogens with two attached hydrogens (primary N) is 1. The van der Waals surface area contributed by atoms with Crippen molar-refractivity contribution in [3.63, 3.8) is 0 Å². The first-order valence-corrected chi connectivity index (χ1v) is 5.22. The van der Waals surface area contributed by atoms with Crippen LogP contribution in [0.2, 0.25) is 0 Å². The molecule has 0 radical (unpaired) electrons. The lowest BCUT2D eigenvalue weighted by Gasteiger charge is -2.15. The van der Waals surface area contributed by atoms with E-state index in [1.807, 2.05) is 0 Å². The molecule has 1 fully saturated rings. The molecule has 0 saturated heterocycles. The third kappa shape index (κ3) is 1.33. The van der Waals surface area contributed by atoms with Crippen LogP contribution in [-0.2, 0) is 5.54 Å². The van der Waals surface area contributed by atoms with E-state index in [1.54, 1.807) is 13.0 Å². The second kappa shape index (κ2) is 2.94. The minimum absolute atomic E-state index is 0.0619. The molecule has 0 aromatic heterocycles. The van der Waals surface area contributed by atoms with E-state index in [4.69, 9.17) is 5.73 Å². The molecular formula is C10H11BrFNO. The molecule has 0 aliphatic heterocycles. The Balaban J connectivity index is 2.68. The van der Waals surface area contributed by atoms with E-state index in [2.05, 4.69) is 15.9 Å². The number of rotatable bonds is 1. The summed E-state index contributed by atoms with van der Waals surface area (Å²) in [5, 5.41) is 9.71. The highest BCUT2D eigenvalue weighted by Crippen LogP contribution is 2.49. The van der Waals surface area contributed by atoms with Crippen LogP contribution in [0.4, 0.5) is 4.39 Å². The van der Waals surface area contributed by atoms with Gasteiger partial charge >= 0.3 is 0 Å². The molecule has 1 aliphatic carbocycles. The number of phenolic OH excluding ortho intramolecular Hbond substituents is 1. The van der Waals surface area contributed by atoms with Crippen LogP contribution in [0.5, 0.6) is 5.75 Å². The van der Waals surface area contributed by atoms with Crippen molar-refractivity contribution in [1.82, 2.24) is 0 Å². The van der Waals surface area contributed by atoms with Gasteiger partial charge in [-0.05, 0) is 47.3 Å². The first-order valence-electron chi connectivity index (χ1n) is 4.42. The van der Waals surface area contributed by atoms with Crippen molar-refractivity contribution in [3.05, 3.63) is 27.5 Å². The Morgan fingerprint density at radius 1 is 1.57 bits per heavy atom. The molecule has 1 saturated carbocycles. The second-order valence-electron chi connectivity index (χ2n) is 3.87.